The first-order valence-corrected chi connectivity index (χ1v) is 9.04. The van der Waals surface area contributed by atoms with Crippen molar-refractivity contribution in [2.75, 3.05) is 13.1 Å². The summed E-state index contributed by atoms with van der Waals surface area (Å²) in [7, 11) is 0. The summed E-state index contributed by atoms with van der Waals surface area (Å²) >= 11 is 0. The molecule has 1 heterocycles. The van der Waals surface area contributed by atoms with E-state index >= 15 is 0 Å². The van der Waals surface area contributed by atoms with Crippen molar-refractivity contribution in [2.45, 2.75) is 12.1 Å². The van der Waals surface area contributed by atoms with Crippen LogP contribution in [0.25, 0.3) is 0 Å². The summed E-state index contributed by atoms with van der Waals surface area (Å²) in [5.41, 5.74) is 2.81. The number of aromatic carboxylic acids is 1. The fraction of sp³-hybridized carbons (Fsp3) is 0.174. The summed E-state index contributed by atoms with van der Waals surface area (Å²) in [4.78, 5) is 13.3. The van der Waals surface area contributed by atoms with Crippen molar-refractivity contribution in [1.82, 2.24) is 4.90 Å². The first kappa shape index (κ1) is 17.3. The Bertz CT molecular complexity index is 848. The molecule has 0 saturated carbocycles. The molecule has 1 aliphatic rings. The molecule has 1 saturated heterocycles. The molecule has 0 atom stereocenters. The Labute approximate surface area is 158 Å². The van der Waals surface area contributed by atoms with Crippen LogP contribution in [0, 0.1) is 0 Å². The van der Waals surface area contributed by atoms with Crippen LogP contribution < -0.4 is 4.74 Å². The third kappa shape index (κ3) is 3.86. The number of likely N-dealkylation sites (tertiary alicyclic amines) is 1. The summed E-state index contributed by atoms with van der Waals surface area (Å²) in [6.45, 7) is 1.66. The number of hydrogen-bond donors (Lipinski definition) is 1. The summed E-state index contributed by atoms with van der Waals surface area (Å²) in [6, 6.07) is 27.8. The van der Waals surface area contributed by atoms with Gasteiger partial charge in [-0.25, -0.2) is 4.79 Å². The van der Waals surface area contributed by atoms with Gasteiger partial charge in [-0.1, -0.05) is 60.7 Å². The highest BCUT2D eigenvalue weighted by Crippen LogP contribution is 2.33. The van der Waals surface area contributed by atoms with Gasteiger partial charge in [0.25, 0.3) is 0 Å². The SMILES string of the molecule is O=C(O)c1ccc(OC2CN(C(c3ccccc3)c3ccccc3)C2)cc1. The normalized spacial score (nSPS) is 14.7. The van der Waals surface area contributed by atoms with Crippen molar-refractivity contribution >= 4 is 5.97 Å². The number of carbonyl (C=O) groups is 1. The topological polar surface area (TPSA) is 49.8 Å². The lowest BCUT2D eigenvalue weighted by molar-refractivity contribution is 0.000284. The first-order valence-electron chi connectivity index (χ1n) is 9.04. The van der Waals surface area contributed by atoms with Gasteiger partial charge in [-0.15, -0.1) is 0 Å². The van der Waals surface area contributed by atoms with Crippen LogP contribution >= 0.6 is 0 Å². The van der Waals surface area contributed by atoms with Crippen molar-refractivity contribution in [3.63, 3.8) is 0 Å². The molecular formula is C23H21NO3. The molecule has 0 amide bonds. The van der Waals surface area contributed by atoms with Gasteiger partial charge in [0.1, 0.15) is 11.9 Å². The minimum atomic E-state index is -0.926. The Morgan fingerprint density at radius 3 is 1.85 bits per heavy atom. The molecule has 0 bridgehead atoms. The smallest absolute Gasteiger partial charge is 0.335 e. The molecule has 0 unspecified atom stereocenters. The van der Waals surface area contributed by atoms with Crippen LogP contribution in [-0.4, -0.2) is 35.2 Å². The molecule has 4 nitrogen and oxygen atoms in total. The molecule has 1 fully saturated rings. The van der Waals surface area contributed by atoms with Gasteiger partial charge in [0, 0.05) is 13.1 Å². The molecule has 3 aromatic rings. The maximum absolute atomic E-state index is 10.9. The maximum Gasteiger partial charge on any atom is 0.335 e. The largest absolute Gasteiger partial charge is 0.488 e. The molecule has 3 aromatic carbocycles. The van der Waals surface area contributed by atoms with Crippen LogP contribution in [0.5, 0.6) is 5.75 Å². The molecule has 1 aliphatic heterocycles. The predicted octanol–water partition coefficient (Wildman–Crippen LogP) is 4.24. The van der Waals surface area contributed by atoms with E-state index in [1.807, 2.05) is 12.1 Å². The number of carboxylic acid groups (broad SMARTS) is 1. The highest BCUT2D eigenvalue weighted by atomic mass is 16.5. The lowest BCUT2D eigenvalue weighted by Crippen LogP contribution is -2.55. The van der Waals surface area contributed by atoms with Gasteiger partial charge < -0.3 is 9.84 Å². The lowest BCUT2D eigenvalue weighted by Gasteiger charge is -2.44. The molecule has 1 N–H and O–H groups in total. The Morgan fingerprint density at radius 2 is 1.37 bits per heavy atom. The van der Waals surface area contributed by atoms with Gasteiger partial charge in [-0.2, -0.15) is 0 Å². The second-order valence-corrected chi connectivity index (χ2v) is 6.75. The average Bonchev–Trinajstić information content (AvgIpc) is 2.68. The molecule has 27 heavy (non-hydrogen) atoms. The average molecular weight is 359 g/mol. The fourth-order valence-corrected chi connectivity index (χ4v) is 3.51. The molecule has 0 spiro atoms. The number of rotatable bonds is 6. The van der Waals surface area contributed by atoms with Gasteiger partial charge in [0.2, 0.25) is 0 Å². The highest BCUT2D eigenvalue weighted by molar-refractivity contribution is 5.87. The Balaban J connectivity index is 1.45. The maximum atomic E-state index is 10.9. The van der Waals surface area contributed by atoms with E-state index in [1.54, 1.807) is 24.3 Å². The molecule has 136 valence electrons. The van der Waals surface area contributed by atoms with Crippen LogP contribution in [0.15, 0.2) is 84.9 Å². The van der Waals surface area contributed by atoms with E-state index in [2.05, 4.69) is 53.4 Å². The van der Waals surface area contributed by atoms with Crippen molar-refractivity contribution in [3.8, 4) is 5.75 Å². The molecule has 4 heteroatoms. The zero-order chi connectivity index (χ0) is 18.6. The van der Waals surface area contributed by atoms with Gasteiger partial charge in [-0.3, -0.25) is 4.90 Å². The van der Waals surface area contributed by atoms with E-state index < -0.39 is 5.97 Å². The van der Waals surface area contributed by atoms with E-state index in [4.69, 9.17) is 9.84 Å². The fourth-order valence-electron chi connectivity index (χ4n) is 3.51. The van der Waals surface area contributed by atoms with E-state index in [-0.39, 0.29) is 17.7 Å². The quantitative estimate of drug-likeness (QED) is 0.715. The highest BCUT2D eigenvalue weighted by Gasteiger charge is 2.35. The number of ether oxygens (including phenoxy) is 1. The minimum absolute atomic E-state index is 0.107. The van der Waals surface area contributed by atoms with E-state index in [0.29, 0.717) is 5.75 Å². The lowest BCUT2D eigenvalue weighted by atomic mass is 9.94. The summed E-state index contributed by atoms with van der Waals surface area (Å²) in [6.07, 6.45) is 0.107. The van der Waals surface area contributed by atoms with Crippen LogP contribution in [0.1, 0.15) is 27.5 Å². The molecule has 4 rings (SSSR count). The molecule has 0 aromatic heterocycles. The second kappa shape index (κ2) is 7.64. The molecule has 0 aliphatic carbocycles. The standard InChI is InChI=1S/C23H21NO3/c25-23(26)19-11-13-20(14-12-19)27-21-15-24(16-21)22(17-7-3-1-4-8-17)18-9-5-2-6-10-18/h1-14,21-22H,15-16H2,(H,25,26). The Morgan fingerprint density at radius 1 is 0.852 bits per heavy atom. The van der Waals surface area contributed by atoms with Crippen LogP contribution in [-0.2, 0) is 0 Å². The van der Waals surface area contributed by atoms with Crippen LogP contribution in [0.2, 0.25) is 0 Å². The Kier molecular flexibility index (Phi) is 4.90. The zero-order valence-electron chi connectivity index (χ0n) is 14.9. The van der Waals surface area contributed by atoms with Gasteiger partial charge in [0.05, 0.1) is 11.6 Å². The van der Waals surface area contributed by atoms with Crippen molar-refractivity contribution in [3.05, 3.63) is 102 Å². The van der Waals surface area contributed by atoms with Gasteiger partial charge >= 0.3 is 5.97 Å². The molecular weight excluding hydrogens is 338 g/mol. The Hall–Kier alpha value is -3.11. The summed E-state index contributed by atoms with van der Waals surface area (Å²) in [5, 5.41) is 8.98. The van der Waals surface area contributed by atoms with Crippen molar-refractivity contribution < 1.29 is 14.6 Å². The second-order valence-electron chi connectivity index (χ2n) is 6.75. The minimum Gasteiger partial charge on any atom is -0.488 e. The summed E-state index contributed by atoms with van der Waals surface area (Å²) < 4.78 is 6.00. The zero-order valence-corrected chi connectivity index (χ0v) is 14.9. The van der Waals surface area contributed by atoms with Crippen molar-refractivity contribution in [2.24, 2.45) is 0 Å². The number of carboxylic acids is 1. The first-order chi connectivity index (χ1) is 13.2. The third-order valence-corrected chi connectivity index (χ3v) is 4.88. The van der Waals surface area contributed by atoms with Crippen LogP contribution in [0.4, 0.5) is 0 Å². The predicted molar refractivity (Wildman–Crippen MR) is 104 cm³/mol. The van der Waals surface area contributed by atoms with E-state index in [1.165, 1.54) is 11.1 Å². The number of nitrogens with zero attached hydrogens (tertiary/aromatic N) is 1. The summed E-state index contributed by atoms with van der Waals surface area (Å²) in [5.74, 6) is -0.217. The number of hydrogen-bond acceptors (Lipinski definition) is 3. The van der Waals surface area contributed by atoms with E-state index in [0.717, 1.165) is 13.1 Å². The van der Waals surface area contributed by atoms with E-state index in [9.17, 15) is 4.79 Å². The molecule has 0 radical (unpaired) electrons. The van der Waals surface area contributed by atoms with Crippen molar-refractivity contribution in [1.29, 1.82) is 0 Å². The van der Waals surface area contributed by atoms with Gasteiger partial charge in [-0.05, 0) is 35.4 Å². The van der Waals surface area contributed by atoms with Gasteiger partial charge in [0.15, 0.2) is 0 Å². The van der Waals surface area contributed by atoms with Crippen LogP contribution in [0.3, 0.4) is 0 Å². The number of benzene rings is 3. The monoisotopic (exact) mass is 359 g/mol. The third-order valence-electron chi connectivity index (χ3n) is 4.88.